The summed E-state index contributed by atoms with van der Waals surface area (Å²) in [5, 5.41) is 0. The lowest BCUT2D eigenvalue weighted by Crippen LogP contribution is -2.21. The summed E-state index contributed by atoms with van der Waals surface area (Å²) >= 11 is 0. The van der Waals surface area contributed by atoms with Gasteiger partial charge in [-0.3, -0.25) is 4.79 Å². The second-order valence-electron chi connectivity index (χ2n) is 4.10. The Labute approximate surface area is 102 Å². The van der Waals surface area contributed by atoms with Crippen LogP contribution in [0.3, 0.4) is 0 Å². The van der Waals surface area contributed by atoms with Gasteiger partial charge in [0.1, 0.15) is 13.7 Å². The largest absolute Gasteiger partial charge is 0.466 e. The zero-order chi connectivity index (χ0) is 13.0. The summed E-state index contributed by atoms with van der Waals surface area (Å²) in [5.41, 5.74) is 7.66. The van der Waals surface area contributed by atoms with Crippen LogP contribution >= 0.6 is 0 Å². The lowest BCUT2D eigenvalue weighted by Gasteiger charge is -2.14. The van der Waals surface area contributed by atoms with Crippen LogP contribution < -0.4 is 11.2 Å². The molecule has 0 aliphatic carbocycles. The first-order valence-electron chi connectivity index (χ1n) is 5.63. The minimum absolute atomic E-state index is 0.00630. The molecule has 1 atom stereocenters. The van der Waals surface area contributed by atoms with Crippen molar-refractivity contribution in [2.75, 3.05) is 6.61 Å². The van der Waals surface area contributed by atoms with E-state index in [0.717, 1.165) is 5.46 Å². The maximum atomic E-state index is 13.8. The smallest absolute Gasteiger partial charge is 0.307 e. The first kappa shape index (κ1) is 13.7. The Morgan fingerprint density at radius 3 is 2.82 bits per heavy atom. The Morgan fingerprint density at radius 2 is 2.24 bits per heavy atom. The van der Waals surface area contributed by atoms with Crippen LogP contribution in [0.15, 0.2) is 12.1 Å². The van der Waals surface area contributed by atoms with Gasteiger partial charge in [0.25, 0.3) is 0 Å². The Balaban J connectivity index is 2.88. The monoisotopic (exact) mass is 237 g/mol. The number of halogens is 1. The van der Waals surface area contributed by atoms with Crippen LogP contribution in [0.25, 0.3) is 0 Å². The van der Waals surface area contributed by atoms with Crippen molar-refractivity contribution in [3.05, 3.63) is 29.1 Å². The summed E-state index contributed by atoms with van der Waals surface area (Å²) in [4.78, 5) is 11.3. The Kier molecular flexibility index (Phi) is 4.69. The van der Waals surface area contributed by atoms with E-state index in [1.807, 2.05) is 7.85 Å². The van der Waals surface area contributed by atoms with Gasteiger partial charge >= 0.3 is 5.97 Å². The zero-order valence-electron chi connectivity index (χ0n) is 10.4. The van der Waals surface area contributed by atoms with Gasteiger partial charge in [-0.05, 0) is 19.4 Å². The van der Waals surface area contributed by atoms with Crippen LogP contribution in [-0.4, -0.2) is 20.4 Å². The third-order valence-corrected chi connectivity index (χ3v) is 2.52. The molecule has 0 spiro atoms. The molecule has 0 saturated heterocycles. The number of hydrogen-bond acceptors (Lipinski definition) is 3. The van der Waals surface area contributed by atoms with E-state index in [1.165, 1.54) is 0 Å². The van der Waals surface area contributed by atoms with E-state index in [1.54, 1.807) is 26.0 Å². The molecule has 0 unspecified atom stereocenters. The number of esters is 1. The fraction of sp³-hybridized carbons (Fsp3) is 0.417. The summed E-state index contributed by atoms with van der Waals surface area (Å²) in [5.74, 6) is -0.744. The van der Waals surface area contributed by atoms with Crippen LogP contribution in [0, 0.1) is 12.7 Å². The highest BCUT2D eigenvalue weighted by atomic mass is 19.1. The Morgan fingerprint density at radius 1 is 1.59 bits per heavy atom. The van der Waals surface area contributed by atoms with Gasteiger partial charge < -0.3 is 10.5 Å². The molecule has 0 aliphatic rings. The van der Waals surface area contributed by atoms with E-state index in [9.17, 15) is 9.18 Å². The van der Waals surface area contributed by atoms with E-state index >= 15 is 0 Å². The number of nitrogens with two attached hydrogens (primary N) is 1. The first-order valence-corrected chi connectivity index (χ1v) is 5.63. The van der Waals surface area contributed by atoms with Crippen LogP contribution in [0.1, 0.15) is 30.5 Å². The second-order valence-corrected chi connectivity index (χ2v) is 4.10. The summed E-state index contributed by atoms with van der Waals surface area (Å²) in [7, 11) is 1.87. The van der Waals surface area contributed by atoms with Gasteiger partial charge in [-0.15, -0.1) is 0 Å². The van der Waals surface area contributed by atoms with Crippen molar-refractivity contribution in [3.8, 4) is 0 Å². The summed E-state index contributed by atoms with van der Waals surface area (Å²) < 4.78 is 18.6. The minimum Gasteiger partial charge on any atom is -0.466 e. The maximum Gasteiger partial charge on any atom is 0.307 e. The standard InChI is InChI=1S/C12H17BFNO2/c1-3-17-11(16)6-10(15)9-5-8(13)4-7(2)12(9)14/h4-5,10H,3,6,13,15H2,1-2H3/t10-/m0/s1. The molecule has 0 amide bonds. The number of hydrogen-bond donors (Lipinski definition) is 1. The van der Waals surface area contributed by atoms with Gasteiger partial charge in [0.2, 0.25) is 0 Å². The third-order valence-electron chi connectivity index (χ3n) is 2.52. The van der Waals surface area contributed by atoms with Gasteiger partial charge in [0.05, 0.1) is 13.0 Å². The normalized spacial score (nSPS) is 12.2. The summed E-state index contributed by atoms with van der Waals surface area (Å²) in [6.45, 7) is 3.71. The fourth-order valence-electron chi connectivity index (χ4n) is 1.76. The zero-order valence-corrected chi connectivity index (χ0v) is 10.4. The highest BCUT2D eigenvalue weighted by Crippen LogP contribution is 2.19. The lowest BCUT2D eigenvalue weighted by atomic mass is 9.89. The molecule has 92 valence electrons. The molecular formula is C12H17BFNO2. The van der Waals surface area contributed by atoms with Crippen molar-refractivity contribution in [1.82, 2.24) is 0 Å². The quantitative estimate of drug-likeness (QED) is 0.607. The van der Waals surface area contributed by atoms with Crippen LogP contribution in [0.2, 0.25) is 0 Å². The fourth-order valence-corrected chi connectivity index (χ4v) is 1.76. The molecule has 0 fully saturated rings. The van der Waals surface area contributed by atoms with Crippen LogP contribution in [0.5, 0.6) is 0 Å². The summed E-state index contributed by atoms with van der Waals surface area (Å²) in [6.07, 6.45) is -0.00630. The first-order chi connectivity index (χ1) is 7.95. The number of carbonyl (C=O) groups excluding carboxylic acids is 1. The molecule has 1 aromatic rings. The van der Waals surface area contributed by atoms with E-state index in [2.05, 4.69) is 0 Å². The molecular weight excluding hydrogens is 220 g/mol. The molecule has 0 aliphatic heterocycles. The van der Waals surface area contributed by atoms with Crippen LogP contribution in [0.4, 0.5) is 4.39 Å². The minimum atomic E-state index is -0.660. The van der Waals surface area contributed by atoms with Gasteiger partial charge in [-0.1, -0.05) is 17.6 Å². The predicted octanol–water partition coefficient (Wildman–Crippen LogP) is 0.346. The SMILES string of the molecule is Bc1cc(C)c(F)c([C@@H](N)CC(=O)OCC)c1. The van der Waals surface area contributed by atoms with Gasteiger partial charge in [0, 0.05) is 11.6 Å². The van der Waals surface area contributed by atoms with Gasteiger partial charge in [0.15, 0.2) is 0 Å². The molecule has 0 heterocycles. The highest BCUT2D eigenvalue weighted by Gasteiger charge is 2.17. The molecule has 1 aromatic carbocycles. The number of ether oxygens (including phenoxy) is 1. The third kappa shape index (κ3) is 3.56. The summed E-state index contributed by atoms with van der Waals surface area (Å²) in [6, 6.07) is 2.76. The molecule has 0 saturated carbocycles. The van der Waals surface area contributed by atoms with Crippen molar-refractivity contribution >= 4 is 19.3 Å². The average Bonchev–Trinajstić information content (AvgIpc) is 2.23. The molecule has 0 aromatic heterocycles. The Hall–Kier alpha value is -1.36. The van der Waals surface area contributed by atoms with E-state index < -0.39 is 12.0 Å². The van der Waals surface area contributed by atoms with Gasteiger partial charge in [-0.2, -0.15) is 0 Å². The highest BCUT2D eigenvalue weighted by molar-refractivity contribution is 6.32. The number of rotatable bonds is 4. The van der Waals surface area contributed by atoms with Crippen LogP contribution in [-0.2, 0) is 9.53 Å². The van der Waals surface area contributed by atoms with Gasteiger partial charge in [-0.25, -0.2) is 4.39 Å². The molecule has 17 heavy (non-hydrogen) atoms. The number of carbonyl (C=O) groups is 1. The van der Waals surface area contributed by atoms with Crippen molar-refractivity contribution in [3.63, 3.8) is 0 Å². The topological polar surface area (TPSA) is 52.3 Å². The number of benzene rings is 1. The maximum absolute atomic E-state index is 13.8. The van der Waals surface area contributed by atoms with E-state index in [0.29, 0.717) is 17.7 Å². The van der Waals surface area contributed by atoms with Crippen molar-refractivity contribution in [2.45, 2.75) is 26.3 Å². The second kappa shape index (κ2) is 5.82. The predicted molar refractivity (Wildman–Crippen MR) is 67.5 cm³/mol. The molecule has 3 nitrogen and oxygen atoms in total. The molecule has 5 heteroatoms. The van der Waals surface area contributed by atoms with Crippen molar-refractivity contribution in [1.29, 1.82) is 0 Å². The lowest BCUT2D eigenvalue weighted by molar-refractivity contribution is -0.143. The van der Waals surface area contributed by atoms with Crippen molar-refractivity contribution in [2.24, 2.45) is 5.73 Å². The van der Waals surface area contributed by atoms with Crippen molar-refractivity contribution < 1.29 is 13.9 Å². The molecule has 0 radical (unpaired) electrons. The molecule has 0 bridgehead atoms. The van der Waals surface area contributed by atoms with E-state index in [-0.39, 0.29) is 12.2 Å². The molecule has 1 rings (SSSR count). The molecule has 2 N–H and O–H groups in total. The average molecular weight is 237 g/mol. The van der Waals surface area contributed by atoms with E-state index in [4.69, 9.17) is 10.5 Å². The number of aryl methyl sites for hydroxylation is 1. The Bertz CT molecular complexity index is 423.